The van der Waals surface area contributed by atoms with Crippen molar-refractivity contribution in [3.05, 3.63) is 96.2 Å². The number of aromatic nitrogens is 1. The maximum absolute atomic E-state index is 12.5. The second-order valence-electron chi connectivity index (χ2n) is 7.71. The Labute approximate surface area is 236 Å². The summed E-state index contributed by atoms with van der Waals surface area (Å²) in [6, 6.07) is 27.6. The second kappa shape index (κ2) is 21.1. The molecule has 4 aromatic rings. The molecule has 1 heterocycles. The summed E-state index contributed by atoms with van der Waals surface area (Å²) in [6.07, 6.45) is 0.319. The van der Waals surface area contributed by atoms with Crippen molar-refractivity contribution in [3.8, 4) is 22.5 Å². The van der Waals surface area contributed by atoms with Gasteiger partial charge in [-0.15, -0.1) is 0 Å². The number of carbonyl (C=O) groups is 1. The zero-order chi connectivity index (χ0) is 29.6. The van der Waals surface area contributed by atoms with Gasteiger partial charge in [-0.25, -0.2) is 4.79 Å². The van der Waals surface area contributed by atoms with E-state index in [1.54, 1.807) is 6.92 Å². The van der Waals surface area contributed by atoms with E-state index in [4.69, 9.17) is 9.26 Å². The van der Waals surface area contributed by atoms with Crippen molar-refractivity contribution in [2.24, 2.45) is 0 Å². The molecule has 39 heavy (non-hydrogen) atoms. The van der Waals surface area contributed by atoms with Gasteiger partial charge in [0.25, 0.3) is 0 Å². The van der Waals surface area contributed by atoms with E-state index >= 15 is 0 Å². The number of aryl methyl sites for hydroxylation is 1. The number of anilines is 1. The molecule has 5 heteroatoms. The molecule has 4 rings (SSSR count). The van der Waals surface area contributed by atoms with Crippen LogP contribution in [0.15, 0.2) is 89.5 Å². The topological polar surface area (TPSA) is 64.4 Å². The highest BCUT2D eigenvalue weighted by Gasteiger charge is 2.20. The van der Waals surface area contributed by atoms with Crippen molar-refractivity contribution < 1.29 is 14.1 Å². The minimum Gasteiger partial charge on any atom is -0.441 e. The van der Waals surface area contributed by atoms with Crippen molar-refractivity contribution in [2.45, 2.75) is 81.8 Å². The van der Waals surface area contributed by atoms with Crippen LogP contribution in [0.5, 0.6) is 0 Å². The molecule has 1 aromatic heterocycles. The predicted molar refractivity (Wildman–Crippen MR) is 167 cm³/mol. The van der Waals surface area contributed by atoms with Gasteiger partial charge in [0.2, 0.25) is 0 Å². The Hall–Kier alpha value is -3.86. The molecule has 0 radical (unpaired) electrons. The highest BCUT2D eigenvalue weighted by molar-refractivity contribution is 5.91. The molecular weight excluding hydrogens is 484 g/mol. The summed E-state index contributed by atoms with van der Waals surface area (Å²) >= 11 is 0. The standard InChI is InChI=1S/C25H22N2O3.C3H8.3C2H6/c1-17-23(26-25(28)29-18(2)19-9-5-3-6-10-19)24(30-27-17)22-15-13-21(14-16-22)20-11-7-4-8-12-20;1-3-2;3*1-2/h3-16,18H,1-2H3,(H,26,28);3H2,1-2H3;3*1-2H3/t18-;;;;/m1..../s1. The molecule has 0 aliphatic rings. The van der Waals surface area contributed by atoms with Gasteiger partial charge in [0, 0.05) is 5.56 Å². The van der Waals surface area contributed by atoms with Crippen LogP contribution in [0.3, 0.4) is 0 Å². The fraction of sp³-hybridized carbons (Fsp3) is 0.353. The van der Waals surface area contributed by atoms with Gasteiger partial charge in [-0.1, -0.05) is 152 Å². The van der Waals surface area contributed by atoms with Crippen molar-refractivity contribution >= 4 is 11.8 Å². The van der Waals surface area contributed by atoms with Gasteiger partial charge in [0.1, 0.15) is 17.5 Å². The van der Waals surface area contributed by atoms with Crippen molar-refractivity contribution in [1.82, 2.24) is 5.16 Å². The average molecular weight is 533 g/mol. The molecule has 0 fully saturated rings. The number of carbonyl (C=O) groups excluding carboxylic acids is 1. The minimum absolute atomic E-state index is 0.375. The quantitative estimate of drug-likeness (QED) is 0.277. The van der Waals surface area contributed by atoms with Gasteiger partial charge in [0.15, 0.2) is 5.76 Å². The first kappa shape index (κ1) is 35.1. The molecule has 3 aromatic carbocycles. The van der Waals surface area contributed by atoms with E-state index in [-0.39, 0.29) is 6.10 Å². The van der Waals surface area contributed by atoms with Gasteiger partial charge in [-0.05, 0) is 30.5 Å². The Morgan fingerprint density at radius 2 is 1.21 bits per heavy atom. The Morgan fingerprint density at radius 1 is 0.769 bits per heavy atom. The van der Waals surface area contributed by atoms with E-state index in [0.29, 0.717) is 17.1 Å². The van der Waals surface area contributed by atoms with Crippen molar-refractivity contribution in [2.75, 3.05) is 5.32 Å². The zero-order valence-electron chi connectivity index (χ0n) is 25.5. The first-order chi connectivity index (χ1) is 19.0. The number of ether oxygens (including phenoxy) is 1. The Kier molecular flexibility index (Phi) is 19.0. The van der Waals surface area contributed by atoms with Gasteiger partial charge in [0.05, 0.1) is 0 Å². The number of nitrogens with one attached hydrogen (secondary N) is 1. The molecule has 1 atom stereocenters. The molecule has 0 saturated carbocycles. The van der Waals surface area contributed by atoms with Crippen LogP contribution in [0, 0.1) is 6.92 Å². The molecule has 0 spiro atoms. The second-order valence-corrected chi connectivity index (χ2v) is 7.71. The number of nitrogens with zero attached hydrogens (tertiary/aromatic N) is 1. The van der Waals surface area contributed by atoms with Crippen LogP contribution in [0.1, 0.15) is 86.1 Å². The maximum Gasteiger partial charge on any atom is 0.412 e. The van der Waals surface area contributed by atoms with Gasteiger partial charge >= 0.3 is 6.09 Å². The molecule has 1 amide bonds. The van der Waals surface area contributed by atoms with Crippen LogP contribution in [0.2, 0.25) is 0 Å². The number of amides is 1. The molecule has 0 aliphatic heterocycles. The smallest absolute Gasteiger partial charge is 0.412 e. The number of hydrogen-bond donors (Lipinski definition) is 1. The lowest BCUT2D eigenvalue weighted by Gasteiger charge is -2.14. The Balaban J connectivity index is 0.00000145. The van der Waals surface area contributed by atoms with E-state index in [1.165, 1.54) is 6.42 Å². The summed E-state index contributed by atoms with van der Waals surface area (Å²) in [5.74, 6) is 0.497. The highest BCUT2D eigenvalue weighted by Crippen LogP contribution is 2.33. The molecular formula is C34H48N2O3. The SMILES string of the molecule is CC.CC.CC.CCC.Cc1noc(-c2ccc(-c3ccccc3)cc2)c1NC(=O)O[C@H](C)c1ccccc1. The summed E-state index contributed by atoms with van der Waals surface area (Å²) in [4.78, 5) is 12.5. The van der Waals surface area contributed by atoms with E-state index in [0.717, 1.165) is 22.3 Å². The van der Waals surface area contributed by atoms with E-state index < -0.39 is 6.09 Å². The fourth-order valence-corrected chi connectivity index (χ4v) is 3.24. The van der Waals surface area contributed by atoms with Gasteiger partial charge in [-0.3, -0.25) is 5.32 Å². The molecule has 212 valence electrons. The van der Waals surface area contributed by atoms with Crippen LogP contribution < -0.4 is 5.32 Å². The Morgan fingerprint density at radius 3 is 1.72 bits per heavy atom. The monoisotopic (exact) mass is 532 g/mol. The number of benzene rings is 3. The molecule has 1 N–H and O–H groups in total. The van der Waals surface area contributed by atoms with Crippen LogP contribution in [0.4, 0.5) is 10.5 Å². The highest BCUT2D eigenvalue weighted by atomic mass is 16.6. The lowest BCUT2D eigenvalue weighted by atomic mass is 10.0. The number of hydrogen-bond acceptors (Lipinski definition) is 4. The first-order valence-electron chi connectivity index (χ1n) is 14.2. The lowest BCUT2D eigenvalue weighted by molar-refractivity contribution is 0.121. The predicted octanol–water partition coefficient (Wildman–Crippen LogP) is 11.1. The van der Waals surface area contributed by atoms with Crippen LogP contribution in [0.25, 0.3) is 22.5 Å². The Bertz CT molecular complexity index is 1140. The summed E-state index contributed by atoms with van der Waals surface area (Å²) in [7, 11) is 0. The summed E-state index contributed by atoms with van der Waals surface area (Å²) in [5, 5.41) is 6.81. The molecule has 0 unspecified atom stereocenters. The largest absolute Gasteiger partial charge is 0.441 e. The first-order valence-corrected chi connectivity index (χ1v) is 14.2. The zero-order valence-corrected chi connectivity index (χ0v) is 25.5. The minimum atomic E-state index is -0.556. The van der Waals surface area contributed by atoms with Crippen LogP contribution in [-0.4, -0.2) is 11.2 Å². The van der Waals surface area contributed by atoms with Gasteiger partial charge < -0.3 is 9.26 Å². The normalized spacial score (nSPS) is 9.90. The van der Waals surface area contributed by atoms with Crippen molar-refractivity contribution in [3.63, 3.8) is 0 Å². The lowest BCUT2D eigenvalue weighted by Crippen LogP contribution is -2.16. The summed E-state index contributed by atoms with van der Waals surface area (Å²) in [5.41, 5.74) is 5.07. The summed E-state index contributed by atoms with van der Waals surface area (Å²) < 4.78 is 11.0. The summed E-state index contributed by atoms with van der Waals surface area (Å²) in [6.45, 7) is 19.9. The fourth-order valence-electron chi connectivity index (χ4n) is 3.24. The van der Waals surface area contributed by atoms with E-state index in [9.17, 15) is 4.79 Å². The third-order valence-electron chi connectivity index (χ3n) is 4.90. The van der Waals surface area contributed by atoms with E-state index in [1.807, 2.05) is 121 Å². The maximum atomic E-state index is 12.5. The van der Waals surface area contributed by atoms with Crippen LogP contribution >= 0.6 is 0 Å². The molecule has 0 saturated heterocycles. The molecule has 0 bridgehead atoms. The average Bonchev–Trinajstić information content (AvgIpc) is 3.37. The number of rotatable bonds is 5. The molecule has 0 aliphatic carbocycles. The molecule has 5 nitrogen and oxygen atoms in total. The van der Waals surface area contributed by atoms with Crippen LogP contribution in [-0.2, 0) is 4.74 Å². The van der Waals surface area contributed by atoms with Gasteiger partial charge in [-0.2, -0.15) is 0 Å². The van der Waals surface area contributed by atoms with Crippen molar-refractivity contribution in [1.29, 1.82) is 0 Å². The third-order valence-corrected chi connectivity index (χ3v) is 4.90. The van der Waals surface area contributed by atoms with E-state index in [2.05, 4.69) is 36.5 Å². The third kappa shape index (κ3) is 11.6.